The summed E-state index contributed by atoms with van der Waals surface area (Å²) in [5, 5.41) is 2.18. The van der Waals surface area contributed by atoms with Gasteiger partial charge in [0.05, 0.1) is 5.38 Å². The van der Waals surface area contributed by atoms with Gasteiger partial charge in [-0.1, -0.05) is 47.7 Å². The van der Waals surface area contributed by atoms with Gasteiger partial charge < -0.3 is 0 Å². The molecule has 0 aliphatic rings. The molecule has 5 nitrogen and oxygen atoms in total. The minimum atomic E-state index is -4.94. The molecule has 7 heteroatoms. The molecule has 0 aliphatic heterocycles. The zero-order chi connectivity index (χ0) is 16.0. The second-order valence-electron chi connectivity index (χ2n) is 4.19. The van der Waals surface area contributed by atoms with Crippen LogP contribution in [0.2, 0.25) is 0 Å². The third-order valence-electron chi connectivity index (χ3n) is 2.71. The van der Waals surface area contributed by atoms with Crippen molar-refractivity contribution < 1.29 is 33.4 Å². The van der Waals surface area contributed by atoms with E-state index in [1.807, 2.05) is 12.1 Å². The molecule has 114 valence electrons. The highest BCUT2D eigenvalue weighted by atomic mass is 35.7. The van der Waals surface area contributed by atoms with Crippen molar-refractivity contribution in [3.8, 4) is 16.9 Å². The van der Waals surface area contributed by atoms with Gasteiger partial charge >= 0.3 is 0 Å². The number of aromatic nitrogens is 1. The van der Waals surface area contributed by atoms with E-state index in [1.54, 1.807) is 11.3 Å². The van der Waals surface area contributed by atoms with E-state index in [9.17, 15) is 0 Å². The smallest absolute Gasteiger partial charge is 0.222 e. The summed E-state index contributed by atoms with van der Waals surface area (Å²) in [6, 6.07) is 20.9. The second-order valence-corrected chi connectivity index (χ2v) is 5.67. The molecule has 0 atom stereocenters. The van der Waals surface area contributed by atoms with Crippen LogP contribution in [0, 0.1) is 10.2 Å². The lowest BCUT2D eigenvalue weighted by atomic mass is 10.1. The van der Waals surface area contributed by atoms with Gasteiger partial charge in [-0.3, -0.25) is 0 Å². The van der Waals surface area contributed by atoms with Crippen LogP contribution in [0.3, 0.4) is 0 Å². The van der Waals surface area contributed by atoms with Gasteiger partial charge in [0.25, 0.3) is 0 Å². The molecule has 0 saturated heterocycles. The Balaban J connectivity index is 0.000000309. The van der Waals surface area contributed by atoms with Crippen molar-refractivity contribution in [2.75, 3.05) is 0 Å². The molecular weight excluding hydrogens is 326 g/mol. The summed E-state index contributed by atoms with van der Waals surface area (Å²) in [4.78, 5) is 0. The second kappa shape index (κ2) is 7.46. The third kappa shape index (κ3) is 5.19. The zero-order valence-corrected chi connectivity index (χ0v) is 12.9. The normalized spacial score (nSPS) is 10.7. The maximum absolute atomic E-state index is 8.49. The van der Waals surface area contributed by atoms with E-state index in [0.717, 1.165) is 0 Å². The molecular formula is C15H12ClNO4S. The van der Waals surface area contributed by atoms with Gasteiger partial charge in [0, 0.05) is 17.7 Å². The highest BCUT2D eigenvalue weighted by Gasteiger charge is 2.15. The molecule has 0 saturated carbocycles. The van der Waals surface area contributed by atoms with E-state index in [1.165, 1.54) is 16.9 Å². The van der Waals surface area contributed by atoms with Gasteiger partial charge in [-0.05, 0) is 12.1 Å². The molecule has 3 rings (SSSR count). The van der Waals surface area contributed by atoms with E-state index >= 15 is 0 Å². The number of thiazole rings is 1. The van der Waals surface area contributed by atoms with E-state index in [4.69, 9.17) is 18.6 Å². The maximum atomic E-state index is 8.49. The lowest BCUT2D eigenvalue weighted by Gasteiger charge is -2.17. The monoisotopic (exact) mass is 337 g/mol. The van der Waals surface area contributed by atoms with Gasteiger partial charge in [0.2, 0.25) is 16.9 Å². The Morgan fingerprint density at radius 2 is 1.27 bits per heavy atom. The Bertz CT molecular complexity index is 638. The van der Waals surface area contributed by atoms with Gasteiger partial charge in [-0.25, -0.2) is 18.6 Å². The molecule has 0 fully saturated rings. The number of para-hydroxylation sites is 1. The standard InChI is InChI=1S/C15H12NS.ClHO4/c1-3-7-13(8-4-1)15-11-17-12-16(15)14-9-5-2-6-10-14;2-1(3,4)5/h1-12H;(H,2,3,4,5)/q+1;/p-1. The van der Waals surface area contributed by atoms with E-state index in [0.29, 0.717) is 0 Å². The molecule has 0 radical (unpaired) electrons. The lowest BCUT2D eigenvalue weighted by molar-refractivity contribution is -2.00. The molecule has 22 heavy (non-hydrogen) atoms. The van der Waals surface area contributed by atoms with Crippen molar-refractivity contribution in [1.82, 2.24) is 0 Å². The lowest BCUT2D eigenvalue weighted by Crippen LogP contribution is -2.68. The first kappa shape index (κ1) is 16.6. The fourth-order valence-electron chi connectivity index (χ4n) is 1.87. The fourth-order valence-corrected chi connectivity index (χ4v) is 2.67. The predicted octanol–water partition coefficient (Wildman–Crippen LogP) is -1.06. The number of halogens is 1. The maximum Gasteiger partial charge on any atom is 0.231 e. The SMILES string of the molecule is [O-][Cl+3]([O-])([O-])[O-].c1ccc(-c2csc[n+]2-c2ccccc2)cc1. The van der Waals surface area contributed by atoms with Crippen LogP contribution in [0.5, 0.6) is 0 Å². The summed E-state index contributed by atoms with van der Waals surface area (Å²) in [7, 11) is -4.94. The summed E-state index contributed by atoms with van der Waals surface area (Å²) < 4.78 is 36.2. The number of nitrogens with zero attached hydrogens (tertiary/aromatic N) is 1. The number of rotatable bonds is 2. The molecule has 1 aromatic heterocycles. The van der Waals surface area contributed by atoms with Crippen molar-refractivity contribution in [2.45, 2.75) is 0 Å². The topological polar surface area (TPSA) is 96.1 Å². The molecule has 0 bridgehead atoms. The Morgan fingerprint density at radius 1 is 0.773 bits per heavy atom. The summed E-state index contributed by atoms with van der Waals surface area (Å²) in [5.74, 6) is 0. The number of benzene rings is 2. The molecule has 0 unspecified atom stereocenters. The van der Waals surface area contributed by atoms with Crippen LogP contribution in [0.4, 0.5) is 0 Å². The summed E-state index contributed by atoms with van der Waals surface area (Å²) in [6.07, 6.45) is 0. The number of hydrogen-bond donors (Lipinski definition) is 0. The van der Waals surface area contributed by atoms with E-state index in [-0.39, 0.29) is 0 Å². The minimum Gasteiger partial charge on any atom is -0.222 e. The van der Waals surface area contributed by atoms with Crippen LogP contribution in [-0.2, 0) is 0 Å². The van der Waals surface area contributed by atoms with Crippen LogP contribution in [0.15, 0.2) is 71.6 Å². The number of hydrogen-bond acceptors (Lipinski definition) is 5. The Morgan fingerprint density at radius 3 is 1.82 bits per heavy atom. The van der Waals surface area contributed by atoms with Crippen LogP contribution in [0.25, 0.3) is 16.9 Å². The highest BCUT2D eigenvalue weighted by Crippen LogP contribution is 2.18. The van der Waals surface area contributed by atoms with E-state index < -0.39 is 10.2 Å². The molecule has 3 aromatic rings. The summed E-state index contributed by atoms with van der Waals surface area (Å²) in [5.41, 5.74) is 5.82. The molecule has 0 spiro atoms. The van der Waals surface area contributed by atoms with Crippen LogP contribution >= 0.6 is 11.3 Å². The summed E-state index contributed by atoms with van der Waals surface area (Å²) in [6.45, 7) is 0. The molecule has 0 N–H and O–H groups in total. The Hall–Kier alpha value is -1.80. The average molecular weight is 338 g/mol. The van der Waals surface area contributed by atoms with Gasteiger partial charge in [0.1, 0.15) is 0 Å². The zero-order valence-electron chi connectivity index (χ0n) is 11.3. The molecule has 2 aromatic carbocycles. The van der Waals surface area contributed by atoms with Crippen molar-refractivity contribution >= 4 is 11.3 Å². The van der Waals surface area contributed by atoms with Crippen molar-refractivity contribution in [1.29, 1.82) is 0 Å². The fraction of sp³-hybridized carbons (Fsp3) is 0. The van der Waals surface area contributed by atoms with E-state index in [2.05, 4.69) is 64.0 Å². The average Bonchev–Trinajstić information content (AvgIpc) is 2.97. The quantitative estimate of drug-likeness (QED) is 0.557. The van der Waals surface area contributed by atoms with Crippen molar-refractivity contribution in [3.63, 3.8) is 0 Å². The Labute approximate surface area is 133 Å². The first-order valence-electron chi connectivity index (χ1n) is 6.15. The first-order chi connectivity index (χ1) is 10.4. The molecule has 0 aliphatic carbocycles. The van der Waals surface area contributed by atoms with Crippen LogP contribution < -0.4 is 23.2 Å². The van der Waals surface area contributed by atoms with Crippen LogP contribution in [0.1, 0.15) is 0 Å². The molecule has 1 heterocycles. The van der Waals surface area contributed by atoms with Crippen molar-refractivity contribution in [2.24, 2.45) is 0 Å². The Kier molecular flexibility index (Phi) is 5.62. The van der Waals surface area contributed by atoms with Gasteiger partial charge in [0.15, 0.2) is 0 Å². The first-order valence-corrected chi connectivity index (χ1v) is 8.33. The predicted molar refractivity (Wildman–Crippen MR) is 71.3 cm³/mol. The summed E-state index contributed by atoms with van der Waals surface area (Å²) >= 11 is 1.72. The van der Waals surface area contributed by atoms with Gasteiger partial charge in [-0.15, -0.1) is 14.8 Å². The minimum absolute atomic E-state index is 1.20. The van der Waals surface area contributed by atoms with Crippen molar-refractivity contribution in [3.05, 3.63) is 71.6 Å². The van der Waals surface area contributed by atoms with Gasteiger partial charge in [-0.2, -0.15) is 0 Å². The third-order valence-corrected chi connectivity index (χ3v) is 3.40. The van der Waals surface area contributed by atoms with Crippen LogP contribution in [-0.4, -0.2) is 0 Å². The molecule has 0 amide bonds. The largest absolute Gasteiger partial charge is 0.231 e. The highest BCUT2D eigenvalue weighted by molar-refractivity contribution is 7.07.